The van der Waals surface area contributed by atoms with E-state index in [0.29, 0.717) is 11.3 Å². The number of anilines is 1. The Bertz CT molecular complexity index is 665. The minimum Gasteiger partial charge on any atom is -0.322 e. The van der Waals surface area contributed by atoms with Crippen molar-refractivity contribution < 1.29 is 4.79 Å². The quantitative estimate of drug-likeness (QED) is 0.810. The molecule has 1 amide bonds. The van der Waals surface area contributed by atoms with Gasteiger partial charge in [0.05, 0.1) is 0 Å². The molecule has 0 fully saturated rings. The van der Waals surface area contributed by atoms with Gasteiger partial charge in [0.15, 0.2) is 0 Å². The number of carbonyl (C=O) groups excluding carboxylic acids is 1. The first kappa shape index (κ1) is 12.9. The molecule has 2 rings (SSSR count). The molecule has 1 N–H and O–H groups in total. The highest BCUT2D eigenvalue weighted by molar-refractivity contribution is 6.05. The van der Waals surface area contributed by atoms with E-state index in [9.17, 15) is 4.79 Å². The normalized spacial score (nSPS) is 9.74. The smallest absolute Gasteiger partial charge is 0.255 e. The fraction of sp³-hybridized carbons (Fsp3) is 0.118. The Balaban J connectivity index is 2.23. The Labute approximate surface area is 113 Å². The van der Waals surface area contributed by atoms with Crippen LogP contribution in [0.2, 0.25) is 0 Å². The zero-order valence-electron chi connectivity index (χ0n) is 11.0. The number of hydrogen-bond donors (Lipinski definition) is 1. The zero-order valence-corrected chi connectivity index (χ0v) is 11.0. The summed E-state index contributed by atoms with van der Waals surface area (Å²) in [6.45, 7) is 3.94. The second-order valence-electron chi connectivity index (χ2n) is 4.50. The van der Waals surface area contributed by atoms with Crippen LogP contribution in [-0.4, -0.2) is 5.91 Å². The summed E-state index contributed by atoms with van der Waals surface area (Å²) in [4.78, 5) is 12.2. The van der Waals surface area contributed by atoms with Crippen molar-refractivity contribution in [2.45, 2.75) is 13.8 Å². The molecule has 94 valence electrons. The van der Waals surface area contributed by atoms with Gasteiger partial charge in [-0.25, -0.2) is 0 Å². The van der Waals surface area contributed by atoms with Crippen molar-refractivity contribution in [3.05, 3.63) is 64.7 Å². The maximum absolute atomic E-state index is 12.2. The second kappa shape index (κ2) is 5.41. The molecule has 2 nitrogen and oxygen atoms in total. The van der Waals surface area contributed by atoms with Crippen molar-refractivity contribution in [2.75, 3.05) is 5.32 Å². The van der Waals surface area contributed by atoms with Gasteiger partial charge in [0.1, 0.15) is 0 Å². The Hall–Kier alpha value is -2.53. The molecule has 0 heterocycles. The Morgan fingerprint density at radius 3 is 2.63 bits per heavy atom. The molecule has 19 heavy (non-hydrogen) atoms. The molecule has 0 aliphatic rings. The van der Waals surface area contributed by atoms with Crippen LogP contribution in [0.25, 0.3) is 0 Å². The van der Waals surface area contributed by atoms with Gasteiger partial charge in [-0.15, -0.1) is 6.42 Å². The van der Waals surface area contributed by atoms with Crippen LogP contribution < -0.4 is 5.32 Å². The molecule has 2 aromatic rings. The molecule has 0 atom stereocenters. The van der Waals surface area contributed by atoms with Gasteiger partial charge in [-0.2, -0.15) is 0 Å². The summed E-state index contributed by atoms with van der Waals surface area (Å²) in [6, 6.07) is 13.0. The number of benzene rings is 2. The molecular weight excluding hydrogens is 234 g/mol. The number of rotatable bonds is 2. The van der Waals surface area contributed by atoms with Gasteiger partial charge in [-0.1, -0.05) is 29.7 Å². The number of amides is 1. The summed E-state index contributed by atoms with van der Waals surface area (Å²) >= 11 is 0. The van der Waals surface area contributed by atoms with Gasteiger partial charge >= 0.3 is 0 Å². The van der Waals surface area contributed by atoms with Gasteiger partial charge in [0, 0.05) is 16.8 Å². The highest BCUT2D eigenvalue weighted by atomic mass is 16.1. The molecule has 0 saturated carbocycles. The van der Waals surface area contributed by atoms with Crippen LogP contribution in [0.3, 0.4) is 0 Å². The standard InChI is InChI=1S/C17H15NO/c1-4-14-6-5-7-15(11-14)18-17(19)16-9-8-12(2)10-13(16)3/h1,5-11H,2-3H3,(H,18,19). The van der Waals surface area contributed by atoms with Crippen LogP contribution in [0, 0.1) is 26.2 Å². The molecule has 2 aromatic carbocycles. The van der Waals surface area contributed by atoms with E-state index in [4.69, 9.17) is 6.42 Å². The van der Waals surface area contributed by atoms with Crippen molar-refractivity contribution in [3.63, 3.8) is 0 Å². The zero-order chi connectivity index (χ0) is 13.8. The van der Waals surface area contributed by atoms with Gasteiger partial charge in [0.2, 0.25) is 0 Å². The molecule has 0 aromatic heterocycles. The summed E-state index contributed by atoms with van der Waals surface area (Å²) in [6.07, 6.45) is 5.34. The van der Waals surface area contributed by atoms with Crippen LogP contribution in [0.4, 0.5) is 5.69 Å². The lowest BCUT2D eigenvalue weighted by Crippen LogP contribution is -2.13. The molecule has 0 saturated heterocycles. The maximum Gasteiger partial charge on any atom is 0.255 e. The van der Waals surface area contributed by atoms with Crippen molar-refractivity contribution in [2.24, 2.45) is 0 Å². The minimum absolute atomic E-state index is 0.119. The number of hydrogen-bond acceptors (Lipinski definition) is 1. The summed E-state index contributed by atoms with van der Waals surface area (Å²) in [5.41, 5.74) is 4.24. The van der Waals surface area contributed by atoms with E-state index >= 15 is 0 Å². The topological polar surface area (TPSA) is 29.1 Å². The van der Waals surface area contributed by atoms with Crippen LogP contribution in [-0.2, 0) is 0 Å². The van der Waals surface area contributed by atoms with E-state index in [0.717, 1.165) is 16.7 Å². The van der Waals surface area contributed by atoms with E-state index in [1.54, 1.807) is 6.07 Å². The molecule has 0 unspecified atom stereocenters. The van der Waals surface area contributed by atoms with Gasteiger partial charge < -0.3 is 5.32 Å². The lowest BCUT2D eigenvalue weighted by atomic mass is 10.1. The fourth-order valence-corrected chi connectivity index (χ4v) is 1.95. The first-order chi connectivity index (χ1) is 9.10. The van der Waals surface area contributed by atoms with Crippen LogP contribution in [0.1, 0.15) is 27.0 Å². The third-order valence-corrected chi connectivity index (χ3v) is 2.91. The molecule has 0 aliphatic heterocycles. The predicted molar refractivity (Wildman–Crippen MR) is 78.2 cm³/mol. The lowest BCUT2D eigenvalue weighted by Gasteiger charge is -2.08. The number of nitrogens with one attached hydrogen (secondary N) is 1. The van der Waals surface area contributed by atoms with Crippen LogP contribution >= 0.6 is 0 Å². The predicted octanol–water partition coefficient (Wildman–Crippen LogP) is 3.54. The van der Waals surface area contributed by atoms with E-state index in [1.807, 2.05) is 50.2 Å². The molecule has 0 radical (unpaired) electrons. The second-order valence-corrected chi connectivity index (χ2v) is 4.50. The average molecular weight is 249 g/mol. The summed E-state index contributed by atoms with van der Waals surface area (Å²) in [5.74, 6) is 2.43. The van der Waals surface area contributed by atoms with Crippen LogP contribution in [0.15, 0.2) is 42.5 Å². The van der Waals surface area contributed by atoms with E-state index in [1.165, 1.54) is 0 Å². The van der Waals surface area contributed by atoms with Crippen molar-refractivity contribution in [1.29, 1.82) is 0 Å². The molecule has 0 bridgehead atoms. The largest absolute Gasteiger partial charge is 0.322 e. The SMILES string of the molecule is C#Cc1cccc(NC(=O)c2ccc(C)cc2C)c1. The number of terminal acetylenes is 1. The Morgan fingerprint density at radius 2 is 1.95 bits per heavy atom. The average Bonchev–Trinajstić information content (AvgIpc) is 2.38. The maximum atomic E-state index is 12.2. The third kappa shape index (κ3) is 3.02. The van der Waals surface area contributed by atoms with Gasteiger partial charge in [-0.05, 0) is 43.7 Å². The summed E-state index contributed by atoms with van der Waals surface area (Å²) in [5, 5.41) is 2.86. The molecular formula is C17H15NO. The molecule has 2 heteroatoms. The highest BCUT2D eigenvalue weighted by Crippen LogP contribution is 2.15. The minimum atomic E-state index is -0.119. The Morgan fingerprint density at radius 1 is 1.16 bits per heavy atom. The van der Waals surface area contributed by atoms with Crippen molar-refractivity contribution in [1.82, 2.24) is 0 Å². The number of carbonyl (C=O) groups is 1. The number of aryl methyl sites for hydroxylation is 2. The van der Waals surface area contributed by atoms with Crippen molar-refractivity contribution in [3.8, 4) is 12.3 Å². The third-order valence-electron chi connectivity index (χ3n) is 2.91. The van der Waals surface area contributed by atoms with E-state index < -0.39 is 0 Å². The van der Waals surface area contributed by atoms with Crippen molar-refractivity contribution >= 4 is 11.6 Å². The van der Waals surface area contributed by atoms with Gasteiger partial charge in [0.25, 0.3) is 5.91 Å². The summed E-state index contributed by atoms with van der Waals surface area (Å²) < 4.78 is 0. The molecule has 0 spiro atoms. The first-order valence-electron chi connectivity index (χ1n) is 6.05. The first-order valence-corrected chi connectivity index (χ1v) is 6.05. The van der Waals surface area contributed by atoms with Crippen LogP contribution in [0.5, 0.6) is 0 Å². The lowest BCUT2D eigenvalue weighted by molar-refractivity contribution is 0.102. The fourth-order valence-electron chi connectivity index (χ4n) is 1.95. The van der Waals surface area contributed by atoms with E-state index in [-0.39, 0.29) is 5.91 Å². The Kier molecular flexibility index (Phi) is 3.68. The monoisotopic (exact) mass is 249 g/mol. The summed E-state index contributed by atoms with van der Waals surface area (Å²) in [7, 11) is 0. The van der Waals surface area contributed by atoms with Gasteiger partial charge in [-0.3, -0.25) is 4.79 Å². The highest BCUT2D eigenvalue weighted by Gasteiger charge is 2.09. The van der Waals surface area contributed by atoms with E-state index in [2.05, 4.69) is 11.2 Å². The molecule has 0 aliphatic carbocycles.